The van der Waals surface area contributed by atoms with E-state index in [0.717, 1.165) is 0 Å². The van der Waals surface area contributed by atoms with Crippen LogP contribution in [0, 0.1) is 0 Å². The fourth-order valence-electron chi connectivity index (χ4n) is 2.77. The number of carbonyl (C=O) groups excluding carboxylic acids is 1. The zero-order chi connectivity index (χ0) is 23.0. The molecule has 0 saturated carbocycles. The second-order valence-corrected chi connectivity index (χ2v) is 8.58. The largest absolute Gasteiger partial charge is 0.495 e. The minimum Gasteiger partial charge on any atom is -0.495 e. The van der Waals surface area contributed by atoms with Gasteiger partial charge >= 0.3 is 5.97 Å². The highest BCUT2D eigenvalue weighted by molar-refractivity contribution is 7.89. The van der Waals surface area contributed by atoms with E-state index >= 15 is 0 Å². The lowest BCUT2D eigenvalue weighted by Gasteiger charge is -2.15. The molecule has 0 bridgehead atoms. The van der Waals surface area contributed by atoms with Crippen LogP contribution in [-0.2, 0) is 27.9 Å². The molecule has 0 fully saturated rings. The Kier molecular flexibility index (Phi) is 8.47. The molecule has 2 rings (SSSR count). The van der Waals surface area contributed by atoms with Crippen LogP contribution >= 0.6 is 0 Å². The topological polar surface area (TPSA) is 156 Å². The van der Waals surface area contributed by atoms with Gasteiger partial charge in [0.2, 0.25) is 10.0 Å². The third-order valence-electron chi connectivity index (χ3n) is 4.30. The molecule has 12 nitrogen and oxygen atoms in total. The van der Waals surface area contributed by atoms with Crippen LogP contribution < -0.4 is 14.8 Å². The van der Waals surface area contributed by atoms with Gasteiger partial charge in [-0.3, -0.25) is 9.59 Å². The highest BCUT2D eigenvalue weighted by Gasteiger charge is 2.20. The van der Waals surface area contributed by atoms with Gasteiger partial charge in [0.15, 0.2) is 0 Å². The van der Waals surface area contributed by atoms with Crippen LogP contribution in [0.1, 0.15) is 22.5 Å². The van der Waals surface area contributed by atoms with Crippen molar-refractivity contribution in [3.63, 3.8) is 0 Å². The number of carboxylic acid groups (broad SMARTS) is 1. The molecule has 0 radical (unpaired) electrons. The lowest BCUT2D eigenvalue weighted by atomic mass is 10.2. The third kappa shape index (κ3) is 7.01. The number of nitrogens with zero attached hydrogens (tertiary/aromatic N) is 4. The quantitative estimate of drug-likeness (QED) is 0.361. The van der Waals surface area contributed by atoms with Gasteiger partial charge in [-0.1, -0.05) is 5.21 Å². The van der Waals surface area contributed by atoms with Crippen molar-refractivity contribution in [2.45, 2.75) is 24.4 Å². The number of hydrogen-bond donors (Lipinski definition) is 3. The van der Waals surface area contributed by atoms with Gasteiger partial charge < -0.3 is 20.1 Å². The maximum atomic E-state index is 12.4. The van der Waals surface area contributed by atoms with E-state index < -0.39 is 21.9 Å². The SMILES string of the molecule is CNS(=O)(=O)c1cc(C(=O)NCCCN(C)Cc2cn(CC(=O)O)nn2)ccc1OC. The van der Waals surface area contributed by atoms with Gasteiger partial charge in [0.05, 0.1) is 19.0 Å². The number of nitrogens with one attached hydrogen (secondary N) is 2. The first-order valence-corrected chi connectivity index (χ1v) is 10.8. The average molecular weight is 455 g/mol. The second kappa shape index (κ2) is 10.8. The number of sulfonamides is 1. The average Bonchev–Trinajstić information content (AvgIpc) is 3.16. The van der Waals surface area contributed by atoms with E-state index in [4.69, 9.17) is 9.84 Å². The number of carbonyl (C=O) groups is 2. The Morgan fingerprint density at radius 3 is 2.71 bits per heavy atom. The standard InChI is InChI=1S/C18H26N6O6S/c1-19-31(28,29)16-9-13(5-6-15(16)30-3)18(27)20-7-4-8-23(2)10-14-11-24(22-21-14)12-17(25)26/h5-6,9,11,19H,4,7-8,10,12H2,1-3H3,(H,20,27)(H,25,26). The van der Waals surface area contributed by atoms with Crippen LogP contribution in [-0.4, -0.2) is 79.6 Å². The lowest BCUT2D eigenvalue weighted by Crippen LogP contribution is -2.28. The van der Waals surface area contributed by atoms with Gasteiger partial charge in [-0.15, -0.1) is 5.10 Å². The van der Waals surface area contributed by atoms with Crippen LogP contribution in [0.15, 0.2) is 29.3 Å². The van der Waals surface area contributed by atoms with E-state index in [-0.39, 0.29) is 22.8 Å². The van der Waals surface area contributed by atoms with E-state index in [1.54, 1.807) is 6.20 Å². The summed E-state index contributed by atoms with van der Waals surface area (Å²) in [6.07, 6.45) is 2.22. The molecule has 0 spiro atoms. The molecule has 1 heterocycles. The van der Waals surface area contributed by atoms with Crippen LogP contribution in [0.3, 0.4) is 0 Å². The van der Waals surface area contributed by atoms with Gasteiger partial charge in [-0.05, 0) is 45.3 Å². The number of methoxy groups -OCH3 is 1. The van der Waals surface area contributed by atoms with Crippen molar-refractivity contribution in [3.8, 4) is 5.75 Å². The van der Waals surface area contributed by atoms with Crippen molar-refractivity contribution in [2.24, 2.45) is 0 Å². The molecule has 0 aliphatic carbocycles. The van der Waals surface area contributed by atoms with Crippen molar-refractivity contribution >= 4 is 21.9 Å². The number of hydrogen-bond acceptors (Lipinski definition) is 8. The minimum atomic E-state index is -3.78. The molecule has 0 saturated heterocycles. The molecule has 3 N–H and O–H groups in total. The van der Waals surface area contributed by atoms with E-state index in [0.29, 0.717) is 31.7 Å². The fraction of sp³-hybridized carbons (Fsp3) is 0.444. The summed E-state index contributed by atoms with van der Waals surface area (Å²) in [6.45, 7) is 1.27. The van der Waals surface area contributed by atoms with Crippen molar-refractivity contribution in [2.75, 3.05) is 34.3 Å². The summed E-state index contributed by atoms with van der Waals surface area (Å²) in [6, 6.07) is 4.20. The monoisotopic (exact) mass is 454 g/mol. The highest BCUT2D eigenvalue weighted by atomic mass is 32.2. The number of carboxylic acids is 1. The van der Waals surface area contributed by atoms with Gasteiger partial charge in [0.1, 0.15) is 17.2 Å². The molecule has 1 aromatic carbocycles. The molecule has 1 amide bonds. The lowest BCUT2D eigenvalue weighted by molar-refractivity contribution is -0.137. The summed E-state index contributed by atoms with van der Waals surface area (Å²) in [5.74, 6) is -1.24. The summed E-state index contributed by atoms with van der Waals surface area (Å²) in [4.78, 5) is 24.9. The van der Waals surface area contributed by atoms with Crippen LogP contribution in [0.25, 0.3) is 0 Å². The second-order valence-electron chi connectivity index (χ2n) is 6.72. The molecular formula is C18H26N6O6S. The maximum Gasteiger partial charge on any atom is 0.325 e. The van der Waals surface area contributed by atoms with E-state index in [2.05, 4.69) is 20.4 Å². The van der Waals surface area contributed by atoms with Crippen molar-refractivity contribution in [1.82, 2.24) is 29.9 Å². The summed E-state index contributed by atoms with van der Waals surface area (Å²) in [5, 5.41) is 19.2. The number of aromatic nitrogens is 3. The van der Waals surface area contributed by atoms with Crippen molar-refractivity contribution in [3.05, 3.63) is 35.7 Å². The molecule has 0 aliphatic heterocycles. The number of ether oxygens (including phenoxy) is 1. The van der Waals surface area contributed by atoms with Gasteiger partial charge in [0, 0.05) is 18.7 Å². The van der Waals surface area contributed by atoms with E-state index in [1.165, 1.54) is 37.0 Å². The molecule has 1 aromatic heterocycles. The molecule has 0 atom stereocenters. The zero-order valence-corrected chi connectivity index (χ0v) is 18.3. The minimum absolute atomic E-state index is 0.110. The normalized spacial score (nSPS) is 11.5. The van der Waals surface area contributed by atoms with Gasteiger partial charge in [-0.25, -0.2) is 17.8 Å². The number of amides is 1. The van der Waals surface area contributed by atoms with E-state index in [1.807, 2.05) is 11.9 Å². The van der Waals surface area contributed by atoms with Crippen LogP contribution in [0.5, 0.6) is 5.75 Å². The number of benzene rings is 1. The number of rotatable bonds is 12. The Morgan fingerprint density at radius 1 is 1.32 bits per heavy atom. The Morgan fingerprint density at radius 2 is 2.06 bits per heavy atom. The molecule has 0 unspecified atom stereocenters. The van der Waals surface area contributed by atoms with Gasteiger partial charge in [-0.2, -0.15) is 0 Å². The van der Waals surface area contributed by atoms with Crippen molar-refractivity contribution in [1.29, 1.82) is 0 Å². The van der Waals surface area contributed by atoms with Crippen LogP contribution in [0.2, 0.25) is 0 Å². The highest BCUT2D eigenvalue weighted by Crippen LogP contribution is 2.24. The molecule has 0 aliphatic rings. The summed E-state index contributed by atoms with van der Waals surface area (Å²) in [5.41, 5.74) is 0.849. The first-order valence-electron chi connectivity index (χ1n) is 9.35. The molecule has 31 heavy (non-hydrogen) atoms. The smallest absolute Gasteiger partial charge is 0.325 e. The van der Waals surface area contributed by atoms with Crippen LogP contribution in [0.4, 0.5) is 0 Å². The fourth-order valence-corrected chi connectivity index (χ4v) is 3.69. The molecular weight excluding hydrogens is 428 g/mol. The Balaban J connectivity index is 1.84. The Bertz CT molecular complexity index is 1020. The van der Waals surface area contributed by atoms with E-state index in [9.17, 15) is 18.0 Å². The first-order chi connectivity index (χ1) is 14.7. The maximum absolute atomic E-state index is 12.4. The van der Waals surface area contributed by atoms with Gasteiger partial charge in [0.25, 0.3) is 5.91 Å². The molecule has 13 heteroatoms. The molecule has 2 aromatic rings. The summed E-state index contributed by atoms with van der Waals surface area (Å²) in [7, 11) is 0.733. The Labute approximate surface area is 180 Å². The third-order valence-corrected chi connectivity index (χ3v) is 5.74. The van der Waals surface area contributed by atoms with Crippen molar-refractivity contribution < 1.29 is 27.9 Å². The predicted octanol–water partition coefficient (Wildman–Crippen LogP) is -0.469. The summed E-state index contributed by atoms with van der Waals surface area (Å²) >= 11 is 0. The first kappa shape index (κ1) is 24.2. The Hall–Kier alpha value is -3.03. The summed E-state index contributed by atoms with van der Waals surface area (Å²) < 4.78 is 32.8. The predicted molar refractivity (Wildman–Crippen MR) is 110 cm³/mol. The molecule has 170 valence electrons. The zero-order valence-electron chi connectivity index (χ0n) is 17.5. The number of aliphatic carboxylic acids is 1.